The van der Waals surface area contributed by atoms with Crippen molar-refractivity contribution in [2.24, 2.45) is 0 Å². The third-order valence-corrected chi connectivity index (χ3v) is 8.92. The molecule has 2 aromatic carbocycles. The first kappa shape index (κ1) is 31.5. The topological polar surface area (TPSA) is 144 Å². The van der Waals surface area contributed by atoms with E-state index in [2.05, 4.69) is 85.0 Å². The number of aliphatic hydroxyl groups excluding tert-OH is 2. The average molecular weight is 642 g/mol. The first-order valence-electron chi connectivity index (χ1n) is 16.3. The molecule has 0 bridgehead atoms. The molecular weight excluding hydrogens is 602 g/mol. The van der Waals surface area contributed by atoms with Crippen LogP contribution in [0.25, 0.3) is 33.1 Å². The Hall–Kier alpha value is -5.07. The van der Waals surface area contributed by atoms with E-state index in [4.69, 9.17) is 10.1 Å². The zero-order chi connectivity index (χ0) is 33.0. The zero-order valence-electron chi connectivity index (χ0n) is 27.1. The predicted molar refractivity (Wildman–Crippen MR) is 189 cm³/mol. The molecule has 0 aliphatic carbocycles. The number of nitrogens with one attached hydrogen (secondary N) is 3. The highest BCUT2D eigenvalue weighted by Gasteiger charge is 2.20. The fourth-order valence-corrected chi connectivity index (χ4v) is 6.36. The number of hydrogen-bond acceptors (Lipinski definition) is 11. The van der Waals surface area contributed by atoms with E-state index in [-0.39, 0.29) is 12.7 Å². The molecule has 0 spiro atoms. The van der Waals surface area contributed by atoms with Gasteiger partial charge in [-0.3, -0.25) is 14.9 Å². The van der Waals surface area contributed by atoms with Gasteiger partial charge in [0, 0.05) is 68.1 Å². The summed E-state index contributed by atoms with van der Waals surface area (Å²) in [5.41, 5.74) is 10.6. The lowest BCUT2D eigenvalue weighted by Crippen LogP contribution is -2.21. The van der Waals surface area contributed by atoms with Crippen molar-refractivity contribution in [2.45, 2.75) is 39.5 Å². The van der Waals surface area contributed by atoms with E-state index in [0.717, 1.165) is 80.7 Å². The van der Waals surface area contributed by atoms with Gasteiger partial charge in [0.15, 0.2) is 11.6 Å². The lowest BCUT2D eigenvalue weighted by Gasteiger charge is -2.18. The third-order valence-electron chi connectivity index (χ3n) is 8.92. The molecule has 1 saturated heterocycles. The fourth-order valence-electron chi connectivity index (χ4n) is 6.36. The summed E-state index contributed by atoms with van der Waals surface area (Å²) in [6.45, 7) is 7.81. The van der Waals surface area contributed by atoms with Crippen LogP contribution in [0.2, 0.25) is 0 Å². The molecular formula is C37H39N9O2. The van der Waals surface area contributed by atoms with E-state index in [1.165, 1.54) is 0 Å². The van der Waals surface area contributed by atoms with Crippen LogP contribution in [0.3, 0.4) is 0 Å². The summed E-state index contributed by atoms with van der Waals surface area (Å²) >= 11 is 0. The second kappa shape index (κ2) is 14.0. The maximum absolute atomic E-state index is 9.91. The summed E-state index contributed by atoms with van der Waals surface area (Å²) in [5, 5.41) is 30.2. The molecule has 6 aromatic rings. The van der Waals surface area contributed by atoms with Crippen LogP contribution in [0.4, 0.5) is 23.0 Å². The van der Waals surface area contributed by atoms with Crippen molar-refractivity contribution in [3.8, 4) is 11.1 Å². The van der Waals surface area contributed by atoms with E-state index in [1.807, 2.05) is 42.9 Å². The summed E-state index contributed by atoms with van der Waals surface area (Å²) in [6, 6.07) is 18.6. The van der Waals surface area contributed by atoms with E-state index < -0.39 is 0 Å². The number of rotatable bonds is 11. The Labute approximate surface area is 279 Å². The van der Waals surface area contributed by atoms with Crippen molar-refractivity contribution in [3.05, 3.63) is 102 Å². The molecule has 1 aliphatic rings. The normalized spacial score (nSPS) is 15.0. The number of benzene rings is 2. The van der Waals surface area contributed by atoms with Crippen LogP contribution in [0.1, 0.15) is 28.7 Å². The molecule has 7 rings (SSSR count). The van der Waals surface area contributed by atoms with Crippen LogP contribution in [0.15, 0.2) is 79.5 Å². The minimum Gasteiger partial charge on any atom is -0.395 e. The standard InChI is InChI=1S/C37H39N9O2/c1-23-29(5-3-7-31(23)44-36-34-27(9-11-39-36)15-26(19-40-34)20-46-13-10-28(48)21-46)30-6-4-8-32(24(30)2)45-37-35-33(42-22-43-37)16-25(18-41-35)17-38-12-14-47/h3-9,11,15-16,18-19,22,28,38,47-48H,10,12-14,17,20-21H2,1-2H3,(H,39,44)(H,42,43,45)/t28-/m1/s1. The Morgan fingerprint density at radius 2 is 1.52 bits per heavy atom. The van der Waals surface area contributed by atoms with Crippen molar-refractivity contribution in [1.29, 1.82) is 0 Å². The van der Waals surface area contributed by atoms with Gasteiger partial charge in [-0.15, -0.1) is 0 Å². The van der Waals surface area contributed by atoms with Crippen LogP contribution in [-0.4, -0.2) is 72.4 Å². The van der Waals surface area contributed by atoms with Crippen molar-refractivity contribution in [1.82, 2.24) is 35.1 Å². The molecule has 11 nitrogen and oxygen atoms in total. The van der Waals surface area contributed by atoms with Crippen LogP contribution < -0.4 is 16.0 Å². The van der Waals surface area contributed by atoms with Crippen LogP contribution in [0, 0.1) is 13.8 Å². The molecule has 1 atom stereocenters. The highest BCUT2D eigenvalue weighted by molar-refractivity contribution is 5.92. The number of fused-ring (bicyclic) bond motifs is 2. The van der Waals surface area contributed by atoms with Gasteiger partial charge in [-0.1, -0.05) is 24.3 Å². The molecule has 1 fully saturated rings. The van der Waals surface area contributed by atoms with Gasteiger partial charge in [-0.2, -0.15) is 0 Å². The van der Waals surface area contributed by atoms with Gasteiger partial charge in [-0.05, 0) is 84.0 Å². The average Bonchev–Trinajstić information content (AvgIpc) is 3.51. The second-order valence-electron chi connectivity index (χ2n) is 12.3. The third kappa shape index (κ3) is 6.67. The smallest absolute Gasteiger partial charge is 0.160 e. The lowest BCUT2D eigenvalue weighted by atomic mass is 9.94. The fraction of sp³-hybridized carbons (Fsp3) is 0.270. The Balaban J connectivity index is 1.13. The van der Waals surface area contributed by atoms with Gasteiger partial charge < -0.3 is 26.2 Å². The molecule has 0 saturated carbocycles. The summed E-state index contributed by atoms with van der Waals surface area (Å²) in [7, 11) is 0. The molecule has 1 aliphatic heterocycles. The number of β-amino-alcohol motifs (C(OH)–C–C–N with tert-alkyl or cyclic N) is 1. The van der Waals surface area contributed by atoms with E-state index in [0.29, 0.717) is 36.8 Å². The number of hydrogen-bond donors (Lipinski definition) is 5. The number of nitrogens with zero attached hydrogens (tertiary/aromatic N) is 6. The highest BCUT2D eigenvalue weighted by atomic mass is 16.3. The van der Waals surface area contributed by atoms with Crippen molar-refractivity contribution < 1.29 is 10.2 Å². The molecule has 0 radical (unpaired) electrons. The van der Waals surface area contributed by atoms with E-state index in [9.17, 15) is 5.11 Å². The first-order valence-corrected chi connectivity index (χ1v) is 16.3. The molecule has 4 aromatic heterocycles. The lowest BCUT2D eigenvalue weighted by molar-refractivity contribution is 0.175. The minimum absolute atomic E-state index is 0.0860. The zero-order valence-corrected chi connectivity index (χ0v) is 27.1. The van der Waals surface area contributed by atoms with Crippen LogP contribution in [-0.2, 0) is 13.1 Å². The molecule has 0 unspecified atom stereocenters. The molecule has 5 N–H and O–H groups in total. The summed E-state index contributed by atoms with van der Waals surface area (Å²) < 4.78 is 0. The Bertz CT molecular complexity index is 2090. The van der Waals surface area contributed by atoms with E-state index >= 15 is 0 Å². The first-order chi connectivity index (χ1) is 23.5. The summed E-state index contributed by atoms with van der Waals surface area (Å²) in [4.78, 5) is 25.4. The molecule has 5 heterocycles. The van der Waals surface area contributed by atoms with Crippen molar-refractivity contribution in [3.63, 3.8) is 0 Å². The SMILES string of the molecule is Cc1c(Nc2nccc3cc(CN4CC[C@@H](O)C4)cnc23)cccc1-c1cccc(Nc2ncnc3cc(CNCCO)cnc23)c1C. The molecule has 0 amide bonds. The maximum Gasteiger partial charge on any atom is 0.160 e. The van der Waals surface area contributed by atoms with Gasteiger partial charge >= 0.3 is 0 Å². The highest BCUT2D eigenvalue weighted by Crippen LogP contribution is 2.36. The van der Waals surface area contributed by atoms with Crippen molar-refractivity contribution in [2.75, 3.05) is 36.9 Å². The number of pyridine rings is 3. The Morgan fingerprint density at radius 3 is 2.23 bits per heavy atom. The Morgan fingerprint density at radius 1 is 0.812 bits per heavy atom. The largest absolute Gasteiger partial charge is 0.395 e. The van der Waals surface area contributed by atoms with Crippen LogP contribution in [0.5, 0.6) is 0 Å². The quantitative estimate of drug-likeness (QED) is 0.116. The van der Waals surface area contributed by atoms with Gasteiger partial charge in [0.2, 0.25) is 0 Å². The van der Waals surface area contributed by atoms with Gasteiger partial charge in [-0.25, -0.2) is 15.0 Å². The number of aliphatic hydroxyl groups is 2. The number of likely N-dealkylation sites (tertiary alicyclic amines) is 1. The maximum atomic E-state index is 9.91. The van der Waals surface area contributed by atoms with Crippen molar-refractivity contribution >= 4 is 44.9 Å². The van der Waals surface area contributed by atoms with E-state index in [1.54, 1.807) is 6.33 Å². The van der Waals surface area contributed by atoms with Crippen LogP contribution >= 0.6 is 0 Å². The van der Waals surface area contributed by atoms with Gasteiger partial charge in [0.25, 0.3) is 0 Å². The Kier molecular flexibility index (Phi) is 9.17. The molecule has 244 valence electrons. The minimum atomic E-state index is -0.239. The molecule has 11 heteroatoms. The monoisotopic (exact) mass is 641 g/mol. The summed E-state index contributed by atoms with van der Waals surface area (Å²) in [6.07, 6.45) is 7.67. The van der Waals surface area contributed by atoms with Gasteiger partial charge in [0.05, 0.1) is 18.2 Å². The second-order valence-corrected chi connectivity index (χ2v) is 12.3. The molecule has 48 heavy (non-hydrogen) atoms. The van der Waals surface area contributed by atoms with Gasteiger partial charge in [0.1, 0.15) is 17.4 Å². The number of aromatic nitrogens is 5. The summed E-state index contributed by atoms with van der Waals surface area (Å²) in [5.74, 6) is 1.34. The predicted octanol–water partition coefficient (Wildman–Crippen LogP) is 5.39. The number of anilines is 4.